The van der Waals surface area contributed by atoms with Crippen LogP contribution in [-0.2, 0) is 0 Å². The Kier molecular flexibility index (Phi) is 7.39. The zero-order valence-corrected chi connectivity index (χ0v) is 13.7. The van der Waals surface area contributed by atoms with E-state index in [9.17, 15) is 0 Å². The van der Waals surface area contributed by atoms with Crippen molar-refractivity contribution >= 4 is 38.5 Å². The molecule has 0 heterocycles. The van der Waals surface area contributed by atoms with Crippen molar-refractivity contribution in [2.75, 3.05) is 0 Å². The first-order valence-electron chi connectivity index (χ1n) is 5.96. The summed E-state index contributed by atoms with van der Waals surface area (Å²) in [5, 5.41) is 0. The van der Waals surface area contributed by atoms with Crippen LogP contribution in [-0.4, -0.2) is 0 Å². The first-order chi connectivity index (χ1) is 8.15. The average Bonchev–Trinajstić information content (AvgIpc) is 2.32. The Balaban J connectivity index is 2.43. The number of benzene rings is 1. The van der Waals surface area contributed by atoms with Crippen molar-refractivity contribution in [3.05, 3.63) is 44.5 Å². The fourth-order valence-corrected chi connectivity index (χ4v) is 2.90. The van der Waals surface area contributed by atoms with E-state index < -0.39 is 0 Å². The lowest BCUT2D eigenvalue weighted by atomic mass is 10.0. The summed E-state index contributed by atoms with van der Waals surface area (Å²) in [7, 11) is 0. The summed E-state index contributed by atoms with van der Waals surface area (Å²) >= 11 is 5.85. The highest BCUT2D eigenvalue weighted by Crippen LogP contribution is 2.26. The molecule has 1 aromatic rings. The average molecular weight is 408 g/mol. The Bertz CT molecular complexity index is 365. The zero-order valence-electron chi connectivity index (χ0n) is 9.96. The molecule has 94 valence electrons. The maximum atomic E-state index is 6.23. The molecule has 2 N–H and O–H groups in total. The van der Waals surface area contributed by atoms with Gasteiger partial charge in [0.2, 0.25) is 0 Å². The van der Waals surface area contributed by atoms with Crippen LogP contribution in [0.2, 0.25) is 0 Å². The molecule has 0 aliphatic rings. The second-order valence-electron chi connectivity index (χ2n) is 4.20. The van der Waals surface area contributed by atoms with Gasteiger partial charge in [0.25, 0.3) is 0 Å². The molecule has 0 aromatic heterocycles. The Morgan fingerprint density at radius 3 is 2.82 bits per heavy atom. The van der Waals surface area contributed by atoms with E-state index in [0.29, 0.717) is 0 Å². The largest absolute Gasteiger partial charge is 0.324 e. The van der Waals surface area contributed by atoms with E-state index >= 15 is 0 Å². The molecule has 0 spiro atoms. The Morgan fingerprint density at radius 1 is 1.35 bits per heavy atom. The number of halogens is 2. The van der Waals surface area contributed by atoms with E-state index in [0.717, 1.165) is 17.3 Å². The molecular weight excluding hydrogens is 389 g/mol. The number of hydrogen-bond acceptors (Lipinski definition) is 1. The van der Waals surface area contributed by atoms with E-state index in [1.54, 1.807) is 0 Å². The maximum Gasteiger partial charge on any atom is 0.0305 e. The maximum absolute atomic E-state index is 6.23. The first kappa shape index (κ1) is 15.2. The van der Waals surface area contributed by atoms with E-state index in [2.05, 4.69) is 63.3 Å². The van der Waals surface area contributed by atoms with Crippen LogP contribution >= 0.6 is 38.5 Å². The minimum Gasteiger partial charge on any atom is -0.324 e. The molecule has 1 atom stereocenters. The number of hydrogen-bond donors (Lipinski definition) is 1. The lowest BCUT2D eigenvalue weighted by Crippen LogP contribution is -2.11. The minimum atomic E-state index is 0.156. The van der Waals surface area contributed by atoms with Crippen molar-refractivity contribution in [2.24, 2.45) is 5.73 Å². The minimum absolute atomic E-state index is 0.156. The van der Waals surface area contributed by atoms with Crippen LogP contribution in [0, 0.1) is 3.57 Å². The van der Waals surface area contributed by atoms with Gasteiger partial charge in [-0.25, -0.2) is 0 Å². The van der Waals surface area contributed by atoms with Crippen molar-refractivity contribution in [3.8, 4) is 0 Å². The Labute approximate surface area is 126 Å². The summed E-state index contributed by atoms with van der Waals surface area (Å²) in [6.45, 7) is 3.73. The molecule has 0 aliphatic carbocycles. The lowest BCUT2D eigenvalue weighted by Gasteiger charge is -2.14. The summed E-state index contributed by atoms with van der Waals surface area (Å²) in [6, 6.07) is 6.46. The molecule has 0 saturated carbocycles. The van der Waals surface area contributed by atoms with Crippen molar-refractivity contribution in [1.82, 2.24) is 0 Å². The van der Waals surface area contributed by atoms with Crippen LogP contribution in [0.3, 0.4) is 0 Å². The fourth-order valence-electron chi connectivity index (χ4n) is 1.78. The third kappa shape index (κ3) is 5.53. The molecule has 0 amide bonds. The second kappa shape index (κ2) is 8.27. The molecule has 0 saturated heterocycles. The number of rotatable bonds is 7. The van der Waals surface area contributed by atoms with Gasteiger partial charge >= 0.3 is 0 Å². The SMILES string of the molecule is C=CCCCCCC(N)c1cc(Br)ccc1I. The van der Waals surface area contributed by atoms with Crippen LogP contribution in [0.25, 0.3) is 0 Å². The van der Waals surface area contributed by atoms with Gasteiger partial charge in [-0.15, -0.1) is 6.58 Å². The molecule has 1 rings (SSSR count). The molecule has 3 heteroatoms. The molecule has 1 unspecified atom stereocenters. The molecular formula is C14H19BrIN. The van der Waals surface area contributed by atoms with Crippen molar-refractivity contribution in [3.63, 3.8) is 0 Å². The lowest BCUT2D eigenvalue weighted by molar-refractivity contribution is 0.571. The molecule has 0 aliphatic heterocycles. The van der Waals surface area contributed by atoms with Gasteiger partial charge in [0.05, 0.1) is 0 Å². The summed E-state index contributed by atoms with van der Waals surface area (Å²) < 4.78 is 2.36. The van der Waals surface area contributed by atoms with Gasteiger partial charge in [-0.3, -0.25) is 0 Å². The number of nitrogens with two attached hydrogens (primary N) is 1. The summed E-state index contributed by atoms with van der Waals surface area (Å²) in [5.41, 5.74) is 7.49. The fraction of sp³-hybridized carbons (Fsp3) is 0.429. The Morgan fingerprint density at radius 2 is 2.12 bits per heavy atom. The van der Waals surface area contributed by atoms with Crippen LogP contribution in [0.15, 0.2) is 35.3 Å². The van der Waals surface area contributed by atoms with Crippen molar-refractivity contribution in [1.29, 1.82) is 0 Å². The van der Waals surface area contributed by atoms with Crippen LogP contribution in [0.4, 0.5) is 0 Å². The highest BCUT2D eigenvalue weighted by atomic mass is 127. The highest BCUT2D eigenvalue weighted by Gasteiger charge is 2.09. The molecule has 1 nitrogen and oxygen atoms in total. The van der Waals surface area contributed by atoms with E-state index in [-0.39, 0.29) is 6.04 Å². The first-order valence-corrected chi connectivity index (χ1v) is 7.83. The van der Waals surface area contributed by atoms with E-state index in [1.165, 1.54) is 28.4 Å². The predicted octanol–water partition coefficient (Wildman–Crippen LogP) is 5.19. The molecule has 0 bridgehead atoms. The quantitative estimate of drug-likeness (QED) is 0.375. The topological polar surface area (TPSA) is 26.0 Å². The van der Waals surface area contributed by atoms with Crippen LogP contribution in [0.1, 0.15) is 43.7 Å². The molecule has 1 aromatic carbocycles. The third-order valence-corrected chi connectivity index (χ3v) is 4.26. The number of unbranched alkanes of at least 4 members (excludes halogenated alkanes) is 3. The summed E-state index contributed by atoms with van der Waals surface area (Å²) in [5.74, 6) is 0. The smallest absolute Gasteiger partial charge is 0.0305 e. The van der Waals surface area contributed by atoms with E-state index in [4.69, 9.17) is 5.73 Å². The standard InChI is InChI=1S/C14H19BrIN/c1-2-3-4-5-6-7-14(17)12-10-11(15)8-9-13(12)16/h2,8-10,14H,1,3-7,17H2. The summed E-state index contributed by atoms with van der Waals surface area (Å²) in [4.78, 5) is 0. The van der Waals surface area contributed by atoms with Crippen LogP contribution < -0.4 is 5.73 Å². The van der Waals surface area contributed by atoms with Crippen molar-refractivity contribution in [2.45, 2.75) is 38.1 Å². The predicted molar refractivity (Wildman–Crippen MR) is 87.1 cm³/mol. The van der Waals surface area contributed by atoms with Gasteiger partial charge in [0.15, 0.2) is 0 Å². The highest BCUT2D eigenvalue weighted by molar-refractivity contribution is 14.1. The zero-order chi connectivity index (χ0) is 12.7. The summed E-state index contributed by atoms with van der Waals surface area (Å²) in [6.07, 6.45) is 7.82. The molecule has 17 heavy (non-hydrogen) atoms. The normalized spacial score (nSPS) is 12.4. The Hall–Kier alpha value is 0.130. The van der Waals surface area contributed by atoms with Gasteiger partial charge in [-0.1, -0.05) is 34.8 Å². The van der Waals surface area contributed by atoms with Crippen LogP contribution in [0.5, 0.6) is 0 Å². The van der Waals surface area contributed by atoms with Gasteiger partial charge in [0.1, 0.15) is 0 Å². The van der Waals surface area contributed by atoms with Crippen molar-refractivity contribution < 1.29 is 0 Å². The van der Waals surface area contributed by atoms with Gasteiger partial charge in [0, 0.05) is 14.1 Å². The second-order valence-corrected chi connectivity index (χ2v) is 6.28. The molecule has 0 fully saturated rings. The monoisotopic (exact) mass is 407 g/mol. The van der Waals surface area contributed by atoms with Gasteiger partial charge < -0.3 is 5.73 Å². The van der Waals surface area contributed by atoms with Gasteiger partial charge in [-0.05, 0) is 65.6 Å². The molecule has 0 radical (unpaired) electrons. The third-order valence-electron chi connectivity index (χ3n) is 2.78. The van der Waals surface area contributed by atoms with E-state index in [1.807, 2.05) is 6.08 Å². The van der Waals surface area contributed by atoms with Gasteiger partial charge in [-0.2, -0.15) is 0 Å². The number of allylic oxidation sites excluding steroid dienone is 1.